The predicted octanol–water partition coefficient (Wildman–Crippen LogP) is 3.22. The first-order chi connectivity index (χ1) is 12.3. The fraction of sp³-hybridized carbons (Fsp3) is 0.222. The number of nitrogens with one attached hydrogen (secondary N) is 1. The number of anilines is 2. The minimum Gasteiger partial charge on any atom is -0.322 e. The van der Waals surface area contributed by atoms with Crippen LogP contribution in [0.3, 0.4) is 0 Å². The fourth-order valence-electron chi connectivity index (χ4n) is 2.69. The first-order valence-corrected chi connectivity index (χ1v) is 10.1. The number of rotatable bonds is 4. The molecule has 1 heterocycles. The van der Waals surface area contributed by atoms with E-state index in [1.54, 1.807) is 12.1 Å². The molecule has 2 aromatic rings. The maximum atomic E-state index is 12.5. The number of sulfonamides is 1. The third kappa shape index (κ3) is 3.59. The Morgan fingerprint density at radius 1 is 1.19 bits per heavy atom. The summed E-state index contributed by atoms with van der Waals surface area (Å²) in [6.07, 6.45) is 0.798. The molecule has 136 valence electrons. The maximum Gasteiger partial charge on any atom is 0.255 e. The third-order valence-electron chi connectivity index (χ3n) is 4.13. The monoisotopic (exact) mass is 392 g/mol. The molecule has 2 aromatic carbocycles. The number of carbonyl (C=O) groups excluding carboxylic acids is 2. The van der Waals surface area contributed by atoms with Crippen molar-refractivity contribution in [2.24, 2.45) is 0 Å². The average Bonchev–Trinajstić information content (AvgIpc) is 2.89. The minimum absolute atomic E-state index is 0.00291. The molecule has 1 N–H and O–H groups in total. The van der Waals surface area contributed by atoms with E-state index in [1.807, 2.05) is 19.1 Å². The molecule has 0 saturated carbocycles. The zero-order valence-electron chi connectivity index (χ0n) is 14.0. The van der Waals surface area contributed by atoms with E-state index >= 15 is 0 Å². The molecule has 0 spiro atoms. The van der Waals surface area contributed by atoms with E-state index in [4.69, 9.17) is 11.6 Å². The molecule has 2 amide bonds. The summed E-state index contributed by atoms with van der Waals surface area (Å²) in [4.78, 5) is 24.4. The van der Waals surface area contributed by atoms with Crippen LogP contribution in [0.15, 0.2) is 42.5 Å². The van der Waals surface area contributed by atoms with Crippen LogP contribution in [0.2, 0.25) is 5.02 Å². The lowest BCUT2D eigenvalue weighted by Crippen LogP contribution is -2.29. The van der Waals surface area contributed by atoms with Gasteiger partial charge in [-0.05, 0) is 42.3 Å². The Kier molecular flexibility index (Phi) is 5.02. The van der Waals surface area contributed by atoms with Crippen molar-refractivity contribution in [3.8, 4) is 0 Å². The lowest BCUT2D eigenvalue weighted by atomic mass is 10.1. The molecule has 1 aliphatic heterocycles. The Hall–Kier alpha value is -2.38. The van der Waals surface area contributed by atoms with E-state index in [9.17, 15) is 18.0 Å². The lowest BCUT2D eigenvalue weighted by molar-refractivity contribution is -0.116. The smallest absolute Gasteiger partial charge is 0.255 e. The quantitative estimate of drug-likeness (QED) is 0.865. The number of benzene rings is 2. The van der Waals surface area contributed by atoms with Crippen LogP contribution in [0.5, 0.6) is 0 Å². The van der Waals surface area contributed by atoms with Crippen LogP contribution in [0.4, 0.5) is 11.4 Å². The Labute approximate surface area is 156 Å². The van der Waals surface area contributed by atoms with Crippen LogP contribution in [0.1, 0.15) is 29.3 Å². The molecule has 1 saturated heterocycles. The molecule has 0 atom stereocenters. The molecular weight excluding hydrogens is 376 g/mol. The van der Waals surface area contributed by atoms with Crippen molar-refractivity contribution >= 4 is 44.8 Å². The van der Waals surface area contributed by atoms with Crippen LogP contribution in [-0.2, 0) is 21.2 Å². The van der Waals surface area contributed by atoms with Gasteiger partial charge in [0.1, 0.15) is 0 Å². The van der Waals surface area contributed by atoms with Crippen molar-refractivity contribution < 1.29 is 18.0 Å². The summed E-state index contributed by atoms with van der Waals surface area (Å²) < 4.78 is 24.9. The van der Waals surface area contributed by atoms with E-state index < -0.39 is 21.8 Å². The lowest BCUT2D eigenvalue weighted by Gasteiger charge is -2.17. The summed E-state index contributed by atoms with van der Waals surface area (Å²) in [5.41, 5.74) is 1.98. The number of hydrogen-bond donors (Lipinski definition) is 1. The average molecular weight is 393 g/mol. The number of amides is 2. The van der Waals surface area contributed by atoms with Gasteiger partial charge in [-0.2, -0.15) is 0 Å². The maximum absolute atomic E-state index is 12.5. The Bertz CT molecular complexity index is 971. The predicted molar refractivity (Wildman–Crippen MR) is 101 cm³/mol. The van der Waals surface area contributed by atoms with E-state index in [-0.39, 0.29) is 28.4 Å². The second-order valence-corrected chi connectivity index (χ2v) is 8.24. The number of hydrogen-bond acceptors (Lipinski definition) is 4. The number of carbonyl (C=O) groups is 2. The van der Waals surface area contributed by atoms with Crippen LogP contribution in [0, 0.1) is 0 Å². The normalized spacial score (nSPS) is 15.9. The fourth-order valence-corrected chi connectivity index (χ4v) is 4.40. The van der Waals surface area contributed by atoms with Crippen molar-refractivity contribution in [3.05, 3.63) is 58.6 Å². The van der Waals surface area contributed by atoms with Gasteiger partial charge in [0.05, 0.1) is 16.5 Å². The first kappa shape index (κ1) is 18.4. The van der Waals surface area contributed by atoms with E-state index in [0.29, 0.717) is 9.99 Å². The summed E-state index contributed by atoms with van der Waals surface area (Å²) in [5, 5.41) is 2.83. The van der Waals surface area contributed by atoms with Crippen molar-refractivity contribution in [2.45, 2.75) is 19.8 Å². The topological polar surface area (TPSA) is 83.6 Å². The highest BCUT2D eigenvalue weighted by molar-refractivity contribution is 7.94. The van der Waals surface area contributed by atoms with E-state index in [2.05, 4.69) is 5.32 Å². The summed E-state index contributed by atoms with van der Waals surface area (Å²) in [5.74, 6) is -1.24. The number of aryl methyl sites for hydroxylation is 1. The molecule has 0 aromatic heterocycles. The molecule has 0 aliphatic carbocycles. The van der Waals surface area contributed by atoms with E-state index in [0.717, 1.165) is 12.0 Å². The largest absolute Gasteiger partial charge is 0.322 e. The second kappa shape index (κ2) is 7.09. The van der Waals surface area contributed by atoms with Crippen LogP contribution in [-0.4, -0.2) is 26.0 Å². The molecule has 3 rings (SSSR count). The molecule has 8 heteroatoms. The Morgan fingerprint density at radius 2 is 1.88 bits per heavy atom. The summed E-state index contributed by atoms with van der Waals surface area (Å²) in [6, 6.07) is 11.6. The van der Waals surface area contributed by atoms with Gasteiger partial charge in [-0.25, -0.2) is 12.7 Å². The van der Waals surface area contributed by atoms with Gasteiger partial charge in [0, 0.05) is 17.7 Å². The molecular formula is C18H17ClN2O4S. The molecule has 6 nitrogen and oxygen atoms in total. The Balaban J connectivity index is 1.89. The van der Waals surface area contributed by atoms with Crippen molar-refractivity contribution in [1.82, 2.24) is 0 Å². The second-order valence-electron chi connectivity index (χ2n) is 5.89. The summed E-state index contributed by atoms with van der Waals surface area (Å²) >= 11 is 6.08. The van der Waals surface area contributed by atoms with E-state index in [1.165, 1.54) is 18.2 Å². The van der Waals surface area contributed by atoms with Gasteiger partial charge in [-0.15, -0.1) is 0 Å². The van der Waals surface area contributed by atoms with Crippen molar-refractivity contribution in [1.29, 1.82) is 0 Å². The highest BCUT2D eigenvalue weighted by atomic mass is 35.5. The van der Waals surface area contributed by atoms with Crippen molar-refractivity contribution in [2.75, 3.05) is 15.4 Å². The van der Waals surface area contributed by atoms with Crippen LogP contribution >= 0.6 is 11.6 Å². The van der Waals surface area contributed by atoms with Crippen LogP contribution < -0.4 is 9.62 Å². The van der Waals surface area contributed by atoms with Gasteiger partial charge in [0.15, 0.2) is 0 Å². The Morgan fingerprint density at radius 3 is 2.46 bits per heavy atom. The van der Waals surface area contributed by atoms with Gasteiger partial charge >= 0.3 is 0 Å². The molecule has 1 aliphatic rings. The number of nitrogens with zero attached hydrogens (tertiary/aromatic N) is 1. The van der Waals surface area contributed by atoms with Gasteiger partial charge in [-0.3, -0.25) is 9.59 Å². The van der Waals surface area contributed by atoms with Gasteiger partial charge in [0.25, 0.3) is 5.91 Å². The van der Waals surface area contributed by atoms with Gasteiger partial charge in [-0.1, -0.05) is 30.7 Å². The molecule has 26 heavy (non-hydrogen) atoms. The highest BCUT2D eigenvalue weighted by Crippen LogP contribution is 2.33. The summed E-state index contributed by atoms with van der Waals surface area (Å²) in [6.45, 7) is 2.04. The van der Waals surface area contributed by atoms with Gasteiger partial charge < -0.3 is 5.32 Å². The third-order valence-corrected chi connectivity index (χ3v) is 6.12. The molecule has 0 radical (unpaired) electrons. The molecule has 1 fully saturated rings. The van der Waals surface area contributed by atoms with Gasteiger partial charge in [0.2, 0.25) is 15.9 Å². The number of halogens is 1. The van der Waals surface area contributed by atoms with Crippen molar-refractivity contribution in [3.63, 3.8) is 0 Å². The first-order valence-electron chi connectivity index (χ1n) is 8.07. The zero-order chi connectivity index (χ0) is 18.9. The SMILES string of the molecule is CCc1ccc(NC(=O)c2ccc(Cl)c(N3C(=O)CCS3(=O)=O)c2)cc1. The zero-order valence-corrected chi connectivity index (χ0v) is 15.6. The standard InChI is InChI=1S/C18H17ClN2O4S/c1-2-12-3-6-14(7-4-12)20-18(23)13-5-8-15(19)16(11-13)21-17(22)9-10-26(21,24)25/h3-8,11H,2,9-10H2,1H3,(H,20,23). The van der Waals surface area contributed by atoms with Crippen LogP contribution in [0.25, 0.3) is 0 Å². The molecule has 0 unspecified atom stereocenters. The minimum atomic E-state index is -3.75. The molecule has 0 bridgehead atoms. The summed E-state index contributed by atoms with van der Waals surface area (Å²) in [7, 11) is -3.75. The highest BCUT2D eigenvalue weighted by Gasteiger charge is 2.37.